The second kappa shape index (κ2) is 8.46. The van der Waals surface area contributed by atoms with Crippen LogP contribution in [0.25, 0.3) is 17.3 Å². The predicted molar refractivity (Wildman–Crippen MR) is 105 cm³/mol. The summed E-state index contributed by atoms with van der Waals surface area (Å²) in [5.41, 5.74) is 2.18. The van der Waals surface area contributed by atoms with Gasteiger partial charge in [-0.25, -0.2) is 9.37 Å². The molecule has 1 amide bonds. The van der Waals surface area contributed by atoms with Crippen LogP contribution in [0.3, 0.4) is 0 Å². The van der Waals surface area contributed by atoms with E-state index in [-0.39, 0.29) is 11.7 Å². The molecule has 0 saturated carbocycles. The van der Waals surface area contributed by atoms with E-state index < -0.39 is 0 Å². The molecule has 2 aromatic carbocycles. The SMILES string of the molecule is COc1cccc(/C=C/C(=O)Nc2nc(-c3ccc(F)cc3)cs2)c1OC. The Labute approximate surface area is 160 Å². The van der Waals surface area contributed by atoms with E-state index in [4.69, 9.17) is 9.47 Å². The van der Waals surface area contributed by atoms with E-state index in [0.717, 1.165) is 11.1 Å². The fourth-order valence-electron chi connectivity index (χ4n) is 2.44. The summed E-state index contributed by atoms with van der Waals surface area (Å²) < 4.78 is 23.6. The van der Waals surface area contributed by atoms with Crippen molar-refractivity contribution in [3.8, 4) is 22.8 Å². The van der Waals surface area contributed by atoms with E-state index >= 15 is 0 Å². The first-order chi connectivity index (χ1) is 13.1. The van der Waals surface area contributed by atoms with E-state index in [1.54, 1.807) is 43.9 Å². The van der Waals surface area contributed by atoms with E-state index in [1.165, 1.54) is 29.5 Å². The molecule has 1 aromatic heterocycles. The van der Waals surface area contributed by atoms with E-state index in [1.807, 2.05) is 12.1 Å². The molecule has 27 heavy (non-hydrogen) atoms. The summed E-state index contributed by atoms with van der Waals surface area (Å²) in [5, 5.41) is 4.98. The first kappa shape index (κ1) is 18.6. The van der Waals surface area contributed by atoms with Crippen LogP contribution in [-0.2, 0) is 4.79 Å². The lowest BCUT2D eigenvalue weighted by Gasteiger charge is -2.09. The first-order valence-electron chi connectivity index (χ1n) is 8.02. The number of anilines is 1. The molecule has 1 heterocycles. The third-order valence-corrected chi connectivity index (χ3v) is 4.48. The Hall–Kier alpha value is -3.19. The number of thiazole rings is 1. The van der Waals surface area contributed by atoms with Gasteiger partial charge in [-0.15, -0.1) is 11.3 Å². The second-order valence-electron chi connectivity index (χ2n) is 5.45. The highest BCUT2D eigenvalue weighted by Crippen LogP contribution is 2.31. The molecule has 0 radical (unpaired) electrons. The van der Waals surface area contributed by atoms with Crippen LogP contribution in [0, 0.1) is 5.82 Å². The minimum absolute atomic E-state index is 0.305. The van der Waals surface area contributed by atoms with Gasteiger partial charge in [0, 0.05) is 22.6 Å². The van der Waals surface area contributed by atoms with Gasteiger partial charge in [-0.05, 0) is 36.4 Å². The monoisotopic (exact) mass is 384 g/mol. The van der Waals surface area contributed by atoms with Gasteiger partial charge in [-0.3, -0.25) is 10.1 Å². The van der Waals surface area contributed by atoms with E-state index in [9.17, 15) is 9.18 Å². The number of hydrogen-bond acceptors (Lipinski definition) is 5. The molecule has 0 bridgehead atoms. The highest BCUT2D eigenvalue weighted by atomic mass is 32.1. The maximum absolute atomic E-state index is 13.0. The Kier molecular flexibility index (Phi) is 5.83. The fourth-order valence-corrected chi connectivity index (χ4v) is 3.16. The second-order valence-corrected chi connectivity index (χ2v) is 6.31. The maximum atomic E-state index is 13.0. The van der Waals surface area contributed by atoms with E-state index in [0.29, 0.717) is 22.3 Å². The average molecular weight is 384 g/mol. The lowest BCUT2D eigenvalue weighted by Crippen LogP contribution is -2.07. The maximum Gasteiger partial charge on any atom is 0.250 e. The standard InChI is InChI=1S/C20H17FN2O3S/c1-25-17-5-3-4-14(19(17)26-2)8-11-18(24)23-20-22-16(12-27-20)13-6-9-15(21)10-7-13/h3-12H,1-2H3,(H,22,23,24)/b11-8+. The summed E-state index contributed by atoms with van der Waals surface area (Å²) in [4.78, 5) is 16.5. The Morgan fingerprint density at radius 3 is 2.63 bits per heavy atom. The summed E-state index contributed by atoms with van der Waals surface area (Å²) in [6.45, 7) is 0. The summed E-state index contributed by atoms with van der Waals surface area (Å²) in [7, 11) is 3.10. The molecular formula is C20H17FN2O3S. The number of hydrogen-bond donors (Lipinski definition) is 1. The van der Waals surface area contributed by atoms with Crippen LogP contribution >= 0.6 is 11.3 Å². The minimum Gasteiger partial charge on any atom is -0.493 e. The largest absolute Gasteiger partial charge is 0.493 e. The van der Waals surface area contributed by atoms with Gasteiger partial charge >= 0.3 is 0 Å². The predicted octanol–water partition coefficient (Wildman–Crippen LogP) is 4.62. The molecule has 0 aliphatic rings. The van der Waals surface area contributed by atoms with Crippen LogP contribution in [0.2, 0.25) is 0 Å². The topological polar surface area (TPSA) is 60.5 Å². The van der Waals surface area contributed by atoms with Gasteiger partial charge in [0.05, 0.1) is 19.9 Å². The number of ether oxygens (including phenoxy) is 2. The lowest BCUT2D eigenvalue weighted by atomic mass is 10.1. The molecule has 5 nitrogen and oxygen atoms in total. The molecule has 0 spiro atoms. The Bertz CT molecular complexity index is 968. The van der Waals surface area contributed by atoms with Crippen LogP contribution in [0.15, 0.2) is 53.9 Å². The van der Waals surface area contributed by atoms with Crippen molar-refractivity contribution in [3.05, 3.63) is 65.3 Å². The number of rotatable bonds is 6. The number of nitrogens with zero attached hydrogens (tertiary/aromatic N) is 1. The molecule has 0 aliphatic carbocycles. The molecular weight excluding hydrogens is 367 g/mol. The molecule has 1 N–H and O–H groups in total. The number of amides is 1. The van der Waals surface area contributed by atoms with Crippen LogP contribution in [0.5, 0.6) is 11.5 Å². The van der Waals surface area contributed by atoms with Crippen molar-refractivity contribution in [2.45, 2.75) is 0 Å². The fraction of sp³-hybridized carbons (Fsp3) is 0.100. The van der Waals surface area contributed by atoms with Gasteiger partial charge in [-0.2, -0.15) is 0 Å². The van der Waals surface area contributed by atoms with Gasteiger partial charge in [-0.1, -0.05) is 12.1 Å². The number of halogens is 1. The molecule has 0 saturated heterocycles. The Morgan fingerprint density at radius 2 is 1.93 bits per heavy atom. The van der Waals surface area contributed by atoms with Gasteiger partial charge in [0.1, 0.15) is 5.82 Å². The molecule has 0 atom stereocenters. The van der Waals surface area contributed by atoms with Crippen molar-refractivity contribution >= 4 is 28.5 Å². The van der Waals surface area contributed by atoms with Crippen LogP contribution in [0.1, 0.15) is 5.56 Å². The lowest BCUT2D eigenvalue weighted by molar-refractivity contribution is -0.111. The zero-order valence-electron chi connectivity index (χ0n) is 14.7. The van der Waals surface area contributed by atoms with Gasteiger partial charge in [0.25, 0.3) is 0 Å². The van der Waals surface area contributed by atoms with Crippen molar-refractivity contribution < 1.29 is 18.7 Å². The van der Waals surface area contributed by atoms with Crippen molar-refractivity contribution in [2.24, 2.45) is 0 Å². The molecule has 7 heteroatoms. The number of aromatic nitrogens is 1. The highest BCUT2D eigenvalue weighted by molar-refractivity contribution is 7.14. The number of methoxy groups -OCH3 is 2. The average Bonchev–Trinajstić information content (AvgIpc) is 3.14. The first-order valence-corrected chi connectivity index (χ1v) is 8.90. The minimum atomic E-state index is -0.320. The van der Waals surface area contributed by atoms with E-state index in [2.05, 4.69) is 10.3 Å². The number of benzene rings is 2. The molecule has 0 unspecified atom stereocenters. The number of para-hydroxylation sites is 1. The van der Waals surface area contributed by atoms with Crippen molar-refractivity contribution in [3.63, 3.8) is 0 Å². The van der Waals surface area contributed by atoms with Crippen molar-refractivity contribution in [2.75, 3.05) is 19.5 Å². The van der Waals surface area contributed by atoms with Gasteiger partial charge in [0.2, 0.25) is 5.91 Å². The summed E-state index contributed by atoms with van der Waals surface area (Å²) >= 11 is 1.30. The highest BCUT2D eigenvalue weighted by Gasteiger charge is 2.09. The molecule has 138 valence electrons. The van der Waals surface area contributed by atoms with Crippen LogP contribution < -0.4 is 14.8 Å². The Morgan fingerprint density at radius 1 is 1.15 bits per heavy atom. The zero-order valence-corrected chi connectivity index (χ0v) is 15.5. The molecule has 0 aliphatic heterocycles. The third kappa shape index (κ3) is 4.51. The number of carbonyl (C=O) groups excluding carboxylic acids is 1. The zero-order chi connectivity index (χ0) is 19.2. The molecule has 0 fully saturated rings. The third-order valence-electron chi connectivity index (χ3n) is 3.72. The quantitative estimate of drug-likeness (QED) is 0.630. The van der Waals surface area contributed by atoms with Gasteiger partial charge in [0.15, 0.2) is 16.6 Å². The number of carbonyl (C=O) groups is 1. The van der Waals surface area contributed by atoms with Crippen LogP contribution in [0.4, 0.5) is 9.52 Å². The van der Waals surface area contributed by atoms with Crippen molar-refractivity contribution in [1.29, 1.82) is 0 Å². The van der Waals surface area contributed by atoms with Gasteiger partial charge < -0.3 is 9.47 Å². The summed E-state index contributed by atoms with van der Waals surface area (Å²) in [6.07, 6.45) is 3.04. The summed E-state index contributed by atoms with van der Waals surface area (Å²) in [5.74, 6) is 0.515. The normalized spacial score (nSPS) is 10.8. The van der Waals surface area contributed by atoms with Crippen LogP contribution in [-0.4, -0.2) is 25.1 Å². The molecule has 3 aromatic rings. The molecule has 3 rings (SSSR count). The summed E-state index contributed by atoms with van der Waals surface area (Å²) in [6, 6.07) is 11.4. The number of nitrogens with one attached hydrogen (secondary N) is 1. The smallest absolute Gasteiger partial charge is 0.250 e. The van der Waals surface area contributed by atoms with Crippen molar-refractivity contribution in [1.82, 2.24) is 4.98 Å². The Balaban J connectivity index is 1.70.